The Balaban J connectivity index is 2.01. The van der Waals surface area contributed by atoms with Crippen LogP contribution in [0.25, 0.3) is 0 Å². The third kappa shape index (κ3) is 4.91. The fourth-order valence-electron chi connectivity index (χ4n) is 2.03. The van der Waals surface area contributed by atoms with E-state index in [1.54, 1.807) is 18.2 Å². The van der Waals surface area contributed by atoms with Crippen molar-refractivity contribution in [1.82, 2.24) is 0 Å². The average Bonchev–Trinajstić information content (AvgIpc) is 2.61. The first-order valence-corrected chi connectivity index (χ1v) is 9.42. The first-order valence-electron chi connectivity index (χ1n) is 7.53. The highest BCUT2D eigenvalue weighted by atomic mass is 32.2. The lowest BCUT2D eigenvalue weighted by molar-refractivity contribution is -0.123. The van der Waals surface area contributed by atoms with Crippen LogP contribution < -0.4 is 5.32 Å². The molecule has 0 saturated carbocycles. The van der Waals surface area contributed by atoms with Crippen molar-refractivity contribution in [2.45, 2.75) is 17.9 Å². The van der Waals surface area contributed by atoms with Crippen molar-refractivity contribution in [2.75, 3.05) is 11.6 Å². The van der Waals surface area contributed by atoms with Crippen molar-refractivity contribution >= 4 is 27.4 Å². The number of esters is 1. The molecule has 1 amide bonds. The Hall–Kier alpha value is -3.18. The summed E-state index contributed by atoms with van der Waals surface area (Å²) in [7, 11) is -3.36. The highest BCUT2D eigenvalue weighted by Crippen LogP contribution is 2.13. The maximum atomic E-state index is 12.1. The largest absolute Gasteiger partial charge is 0.449 e. The number of nitrogens with one attached hydrogen (secondary N) is 1. The second-order valence-corrected chi connectivity index (χ2v) is 7.54. The molecular formula is C18H16N2O5S. The standard InChI is InChI=1S/C18H16N2O5S/c1-12(17(21)20-15-5-3-4-13(10-15)11-19)25-18(22)14-6-8-16(9-7-14)26(2,23)24/h3-10,12H,1-2H3,(H,20,21)/t12-/m1/s1. The molecule has 0 aliphatic carbocycles. The van der Waals surface area contributed by atoms with Gasteiger partial charge in [0.2, 0.25) is 0 Å². The second-order valence-electron chi connectivity index (χ2n) is 5.53. The van der Waals surface area contributed by atoms with Crippen LogP contribution in [0.4, 0.5) is 5.69 Å². The minimum atomic E-state index is -3.36. The monoisotopic (exact) mass is 372 g/mol. The van der Waals surface area contributed by atoms with Crippen LogP contribution in [0.5, 0.6) is 0 Å². The number of carbonyl (C=O) groups excluding carboxylic acids is 2. The molecule has 0 heterocycles. The molecule has 7 nitrogen and oxygen atoms in total. The van der Waals surface area contributed by atoms with E-state index < -0.39 is 27.8 Å². The fraction of sp³-hybridized carbons (Fsp3) is 0.167. The van der Waals surface area contributed by atoms with Gasteiger partial charge in [0.05, 0.1) is 22.1 Å². The van der Waals surface area contributed by atoms with Crippen molar-refractivity contribution in [3.63, 3.8) is 0 Å². The van der Waals surface area contributed by atoms with Gasteiger partial charge in [-0.15, -0.1) is 0 Å². The van der Waals surface area contributed by atoms with Crippen molar-refractivity contribution in [3.8, 4) is 6.07 Å². The van der Waals surface area contributed by atoms with Gasteiger partial charge in [0.15, 0.2) is 15.9 Å². The zero-order valence-corrected chi connectivity index (χ0v) is 14.9. The van der Waals surface area contributed by atoms with Gasteiger partial charge in [0.1, 0.15) is 0 Å². The van der Waals surface area contributed by atoms with E-state index in [-0.39, 0.29) is 10.5 Å². The molecule has 0 aliphatic rings. The molecule has 134 valence electrons. The van der Waals surface area contributed by atoms with Crippen molar-refractivity contribution in [3.05, 3.63) is 59.7 Å². The number of rotatable bonds is 5. The molecule has 0 aliphatic heterocycles. The highest BCUT2D eigenvalue weighted by Gasteiger charge is 2.19. The lowest BCUT2D eigenvalue weighted by atomic mass is 10.2. The topological polar surface area (TPSA) is 113 Å². The molecule has 0 bridgehead atoms. The number of nitrogens with zero attached hydrogens (tertiary/aromatic N) is 1. The van der Waals surface area contributed by atoms with Gasteiger partial charge >= 0.3 is 5.97 Å². The summed E-state index contributed by atoms with van der Waals surface area (Å²) in [5, 5.41) is 11.4. The Morgan fingerprint density at radius 3 is 2.38 bits per heavy atom. The summed E-state index contributed by atoms with van der Waals surface area (Å²) in [4.78, 5) is 24.3. The molecule has 0 spiro atoms. The summed E-state index contributed by atoms with van der Waals surface area (Å²) >= 11 is 0. The molecule has 1 N–H and O–H groups in total. The highest BCUT2D eigenvalue weighted by molar-refractivity contribution is 7.90. The Morgan fingerprint density at radius 2 is 1.81 bits per heavy atom. The first-order chi connectivity index (χ1) is 12.2. The summed E-state index contributed by atoms with van der Waals surface area (Å²) in [5.74, 6) is -1.31. The fourth-order valence-corrected chi connectivity index (χ4v) is 2.66. The van der Waals surface area contributed by atoms with Gasteiger partial charge in [-0.2, -0.15) is 5.26 Å². The van der Waals surface area contributed by atoms with Crippen LogP contribution in [0.15, 0.2) is 53.4 Å². The number of amides is 1. The summed E-state index contributed by atoms with van der Waals surface area (Å²) in [5.41, 5.74) is 0.927. The first kappa shape index (κ1) is 19.1. The molecule has 2 rings (SSSR count). The lowest BCUT2D eigenvalue weighted by Gasteiger charge is -2.14. The smallest absolute Gasteiger partial charge is 0.338 e. The van der Waals surface area contributed by atoms with E-state index in [9.17, 15) is 18.0 Å². The van der Waals surface area contributed by atoms with Crippen molar-refractivity contribution < 1.29 is 22.7 Å². The van der Waals surface area contributed by atoms with Gasteiger partial charge < -0.3 is 10.1 Å². The normalized spacial score (nSPS) is 11.9. The van der Waals surface area contributed by atoms with Crippen LogP contribution in [0, 0.1) is 11.3 Å². The number of carbonyl (C=O) groups is 2. The Bertz CT molecular complexity index is 975. The molecule has 8 heteroatoms. The molecule has 2 aromatic carbocycles. The zero-order valence-electron chi connectivity index (χ0n) is 14.1. The second kappa shape index (κ2) is 7.80. The number of nitriles is 1. The minimum absolute atomic E-state index is 0.0808. The molecule has 0 unspecified atom stereocenters. The molecule has 2 aromatic rings. The van der Waals surface area contributed by atoms with E-state index in [1.165, 1.54) is 37.3 Å². The van der Waals surface area contributed by atoms with Crippen LogP contribution in [-0.4, -0.2) is 32.7 Å². The predicted octanol–water partition coefficient (Wildman–Crippen LogP) is 2.15. The van der Waals surface area contributed by atoms with Crippen LogP contribution in [0.3, 0.4) is 0 Å². The van der Waals surface area contributed by atoms with E-state index in [0.29, 0.717) is 11.3 Å². The Labute approximate surface area is 151 Å². The number of anilines is 1. The van der Waals surface area contributed by atoms with Gasteiger partial charge in [-0.05, 0) is 49.4 Å². The Kier molecular flexibility index (Phi) is 5.75. The predicted molar refractivity (Wildman–Crippen MR) is 94.2 cm³/mol. The van der Waals surface area contributed by atoms with Crippen LogP contribution in [0.2, 0.25) is 0 Å². The van der Waals surface area contributed by atoms with E-state index >= 15 is 0 Å². The van der Waals surface area contributed by atoms with Crippen molar-refractivity contribution in [2.24, 2.45) is 0 Å². The number of benzene rings is 2. The van der Waals surface area contributed by atoms with Crippen LogP contribution in [0.1, 0.15) is 22.8 Å². The number of ether oxygens (including phenoxy) is 1. The third-order valence-electron chi connectivity index (χ3n) is 3.43. The summed E-state index contributed by atoms with van der Waals surface area (Å²) in [6.07, 6.45) is -0.0172. The van der Waals surface area contributed by atoms with E-state index in [2.05, 4.69) is 5.32 Å². The quantitative estimate of drug-likeness (QED) is 0.805. The van der Waals surface area contributed by atoms with Gasteiger partial charge in [0, 0.05) is 11.9 Å². The lowest BCUT2D eigenvalue weighted by Crippen LogP contribution is -2.30. The van der Waals surface area contributed by atoms with Crippen LogP contribution in [-0.2, 0) is 19.4 Å². The maximum Gasteiger partial charge on any atom is 0.338 e. The molecule has 26 heavy (non-hydrogen) atoms. The summed E-state index contributed by atoms with van der Waals surface area (Å²) in [6.45, 7) is 1.41. The van der Waals surface area contributed by atoms with Gasteiger partial charge in [-0.1, -0.05) is 6.07 Å². The van der Waals surface area contributed by atoms with Gasteiger partial charge in [-0.3, -0.25) is 4.79 Å². The average molecular weight is 372 g/mol. The zero-order chi connectivity index (χ0) is 19.3. The van der Waals surface area contributed by atoms with E-state index in [1.807, 2.05) is 6.07 Å². The summed E-state index contributed by atoms with van der Waals surface area (Å²) < 4.78 is 27.9. The number of sulfone groups is 1. The molecular weight excluding hydrogens is 356 g/mol. The van der Waals surface area contributed by atoms with Gasteiger partial charge in [-0.25, -0.2) is 13.2 Å². The maximum absolute atomic E-state index is 12.1. The molecule has 1 atom stereocenters. The van der Waals surface area contributed by atoms with Crippen molar-refractivity contribution in [1.29, 1.82) is 5.26 Å². The van der Waals surface area contributed by atoms with E-state index in [0.717, 1.165) is 6.26 Å². The molecule has 0 fully saturated rings. The molecule has 0 radical (unpaired) electrons. The SMILES string of the molecule is C[C@@H](OC(=O)c1ccc(S(C)(=O)=O)cc1)C(=O)Nc1cccc(C#N)c1. The van der Waals surface area contributed by atoms with E-state index in [4.69, 9.17) is 10.00 Å². The third-order valence-corrected chi connectivity index (χ3v) is 4.56. The molecule has 0 aromatic heterocycles. The van der Waals surface area contributed by atoms with Crippen LogP contribution >= 0.6 is 0 Å². The Morgan fingerprint density at radius 1 is 1.15 bits per heavy atom. The summed E-state index contributed by atoms with van der Waals surface area (Å²) in [6, 6.07) is 13.5. The molecule has 0 saturated heterocycles. The number of hydrogen-bond donors (Lipinski definition) is 1. The van der Waals surface area contributed by atoms with Gasteiger partial charge in [0.25, 0.3) is 5.91 Å². The number of hydrogen-bond acceptors (Lipinski definition) is 6. The minimum Gasteiger partial charge on any atom is -0.449 e.